The lowest BCUT2D eigenvalue weighted by Gasteiger charge is -2.09. The molecule has 0 bridgehead atoms. The van der Waals surface area contributed by atoms with Crippen molar-refractivity contribution >= 4 is 17.5 Å². The number of hydrogen-bond donors (Lipinski definition) is 2. The Morgan fingerprint density at radius 3 is 2.39 bits per heavy atom. The molecule has 0 aliphatic heterocycles. The number of amides is 2. The molecule has 0 atom stereocenters. The Morgan fingerprint density at radius 2 is 1.89 bits per heavy atom. The van der Waals surface area contributed by atoms with Crippen molar-refractivity contribution in [2.24, 2.45) is 11.7 Å². The summed E-state index contributed by atoms with van der Waals surface area (Å²) in [5.41, 5.74) is 5.72. The predicted molar refractivity (Wildman–Crippen MR) is 69.2 cm³/mol. The molecule has 2 amide bonds. The van der Waals surface area contributed by atoms with Gasteiger partial charge in [0.2, 0.25) is 11.8 Å². The van der Waals surface area contributed by atoms with Gasteiger partial charge in [0.05, 0.1) is 13.0 Å². The van der Waals surface area contributed by atoms with Crippen LogP contribution in [0.4, 0.5) is 5.69 Å². The van der Waals surface area contributed by atoms with E-state index in [1.54, 1.807) is 24.3 Å². The number of ether oxygens (including phenoxy) is 1. The maximum absolute atomic E-state index is 11.5. The predicted octanol–water partition coefficient (Wildman–Crippen LogP) is 1.54. The fraction of sp³-hybridized carbons (Fsp3) is 0.385. The third-order valence-corrected chi connectivity index (χ3v) is 2.26. The summed E-state index contributed by atoms with van der Waals surface area (Å²) in [7, 11) is 0. The van der Waals surface area contributed by atoms with E-state index < -0.39 is 5.91 Å². The maximum Gasteiger partial charge on any atom is 0.226 e. The molecule has 0 unspecified atom stereocenters. The monoisotopic (exact) mass is 250 g/mol. The molecule has 0 saturated carbocycles. The first-order valence-corrected chi connectivity index (χ1v) is 5.81. The van der Waals surface area contributed by atoms with Gasteiger partial charge in [-0.25, -0.2) is 0 Å². The van der Waals surface area contributed by atoms with E-state index in [2.05, 4.69) is 5.32 Å². The number of nitrogens with one attached hydrogen (secondary N) is 1. The molecule has 0 aliphatic rings. The van der Waals surface area contributed by atoms with Gasteiger partial charge in [0.15, 0.2) is 0 Å². The molecule has 0 fully saturated rings. The highest BCUT2D eigenvalue weighted by Crippen LogP contribution is 2.16. The second-order valence-electron chi connectivity index (χ2n) is 4.23. The molecule has 0 saturated heterocycles. The van der Waals surface area contributed by atoms with E-state index in [0.717, 1.165) is 5.69 Å². The van der Waals surface area contributed by atoms with Gasteiger partial charge in [0.25, 0.3) is 0 Å². The number of nitrogens with two attached hydrogens (primary N) is 1. The molecule has 18 heavy (non-hydrogen) atoms. The first-order valence-electron chi connectivity index (χ1n) is 5.81. The second-order valence-corrected chi connectivity index (χ2v) is 4.23. The Bertz CT molecular complexity index is 413. The van der Waals surface area contributed by atoms with Crippen molar-refractivity contribution in [3.63, 3.8) is 0 Å². The van der Waals surface area contributed by atoms with E-state index >= 15 is 0 Å². The normalized spacial score (nSPS) is 10.2. The van der Waals surface area contributed by atoms with Crippen molar-refractivity contribution in [1.82, 2.24) is 0 Å². The van der Waals surface area contributed by atoms with Crippen LogP contribution in [0.1, 0.15) is 20.3 Å². The average Bonchev–Trinajstić information content (AvgIpc) is 2.30. The van der Waals surface area contributed by atoms with Crippen LogP contribution in [-0.4, -0.2) is 18.4 Å². The minimum atomic E-state index is -0.393. The number of primary amides is 1. The summed E-state index contributed by atoms with van der Waals surface area (Å²) in [6.45, 7) is 3.92. The summed E-state index contributed by atoms with van der Waals surface area (Å²) in [5, 5.41) is 2.77. The number of anilines is 1. The fourth-order valence-electron chi connectivity index (χ4n) is 1.19. The van der Waals surface area contributed by atoms with Gasteiger partial charge >= 0.3 is 0 Å². The summed E-state index contributed by atoms with van der Waals surface area (Å²) in [6.07, 6.45) is 0.186. The number of carbonyl (C=O) groups excluding carboxylic acids is 2. The quantitative estimate of drug-likeness (QED) is 0.803. The van der Waals surface area contributed by atoms with Crippen LogP contribution in [0.5, 0.6) is 5.75 Å². The van der Waals surface area contributed by atoms with Crippen LogP contribution in [0.25, 0.3) is 0 Å². The Kier molecular flexibility index (Phi) is 5.17. The molecule has 5 nitrogen and oxygen atoms in total. The Labute approximate surface area is 106 Å². The third kappa shape index (κ3) is 4.86. The van der Waals surface area contributed by atoms with Gasteiger partial charge in [0.1, 0.15) is 5.75 Å². The zero-order chi connectivity index (χ0) is 13.5. The zero-order valence-electron chi connectivity index (χ0n) is 10.6. The Hall–Kier alpha value is -2.04. The van der Waals surface area contributed by atoms with Crippen molar-refractivity contribution in [3.8, 4) is 5.75 Å². The largest absolute Gasteiger partial charge is 0.493 e. The minimum absolute atomic E-state index is 0.0302. The van der Waals surface area contributed by atoms with Crippen LogP contribution < -0.4 is 15.8 Å². The van der Waals surface area contributed by atoms with Crippen molar-refractivity contribution in [2.45, 2.75) is 20.3 Å². The summed E-state index contributed by atoms with van der Waals surface area (Å²) in [6, 6.07) is 6.97. The number of rotatable bonds is 6. The standard InChI is InChI=1S/C13H18N2O3/c1-9(2)13(17)15-10-3-5-11(6-4-10)18-8-7-12(14)16/h3-6,9H,7-8H2,1-2H3,(H2,14,16)(H,15,17). The topological polar surface area (TPSA) is 81.4 Å². The van der Waals surface area contributed by atoms with Crippen LogP contribution in [0, 0.1) is 5.92 Å². The van der Waals surface area contributed by atoms with Crippen LogP contribution in [0.2, 0.25) is 0 Å². The van der Waals surface area contributed by atoms with E-state index in [0.29, 0.717) is 5.75 Å². The van der Waals surface area contributed by atoms with Crippen LogP contribution in [-0.2, 0) is 9.59 Å². The van der Waals surface area contributed by atoms with E-state index in [1.165, 1.54) is 0 Å². The molecule has 0 aliphatic carbocycles. The molecule has 0 radical (unpaired) electrons. The molecule has 98 valence electrons. The van der Waals surface area contributed by atoms with Crippen LogP contribution >= 0.6 is 0 Å². The molecular weight excluding hydrogens is 232 g/mol. The first kappa shape index (κ1) is 14.0. The van der Waals surface area contributed by atoms with Gasteiger partial charge in [0, 0.05) is 11.6 Å². The lowest BCUT2D eigenvalue weighted by atomic mass is 10.2. The molecule has 0 heterocycles. The van der Waals surface area contributed by atoms with Gasteiger partial charge in [-0.2, -0.15) is 0 Å². The molecule has 5 heteroatoms. The Morgan fingerprint density at radius 1 is 1.28 bits per heavy atom. The Balaban J connectivity index is 2.47. The average molecular weight is 250 g/mol. The van der Waals surface area contributed by atoms with Gasteiger partial charge < -0.3 is 15.8 Å². The minimum Gasteiger partial charge on any atom is -0.493 e. The lowest BCUT2D eigenvalue weighted by molar-refractivity contribution is -0.119. The smallest absolute Gasteiger partial charge is 0.226 e. The highest BCUT2D eigenvalue weighted by Gasteiger charge is 2.06. The third-order valence-electron chi connectivity index (χ3n) is 2.26. The van der Waals surface area contributed by atoms with Gasteiger partial charge in [-0.1, -0.05) is 13.8 Å². The van der Waals surface area contributed by atoms with E-state index in [9.17, 15) is 9.59 Å². The lowest BCUT2D eigenvalue weighted by Crippen LogP contribution is -2.17. The van der Waals surface area contributed by atoms with Crippen molar-refractivity contribution in [2.75, 3.05) is 11.9 Å². The first-order chi connectivity index (χ1) is 8.49. The molecule has 1 rings (SSSR count). The van der Waals surface area contributed by atoms with Gasteiger partial charge in [-0.05, 0) is 24.3 Å². The number of benzene rings is 1. The maximum atomic E-state index is 11.5. The van der Waals surface area contributed by atoms with Crippen LogP contribution in [0.3, 0.4) is 0 Å². The van der Waals surface area contributed by atoms with E-state index in [-0.39, 0.29) is 24.9 Å². The van der Waals surface area contributed by atoms with Crippen molar-refractivity contribution in [1.29, 1.82) is 0 Å². The SMILES string of the molecule is CC(C)C(=O)Nc1ccc(OCCC(N)=O)cc1. The van der Waals surface area contributed by atoms with E-state index in [4.69, 9.17) is 10.5 Å². The van der Waals surface area contributed by atoms with E-state index in [1.807, 2.05) is 13.8 Å². The summed E-state index contributed by atoms with van der Waals surface area (Å²) in [4.78, 5) is 22.0. The fourth-order valence-corrected chi connectivity index (χ4v) is 1.19. The van der Waals surface area contributed by atoms with Crippen molar-refractivity contribution < 1.29 is 14.3 Å². The molecule has 0 spiro atoms. The molecule has 1 aromatic carbocycles. The van der Waals surface area contributed by atoms with Gasteiger partial charge in [-0.15, -0.1) is 0 Å². The molecule has 1 aromatic rings. The highest BCUT2D eigenvalue weighted by molar-refractivity contribution is 5.92. The zero-order valence-corrected chi connectivity index (χ0v) is 10.6. The molecular formula is C13H18N2O3. The second kappa shape index (κ2) is 6.64. The van der Waals surface area contributed by atoms with Gasteiger partial charge in [-0.3, -0.25) is 9.59 Å². The number of carbonyl (C=O) groups is 2. The number of hydrogen-bond acceptors (Lipinski definition) is 3. The summed E-state index contributed by atoms with van der Waals surface area (Å²) >= 11 is 0. The van der Waals surface area contributed by atoms with Crippen LogP contribution in [0.15, 0.2) is 24.3 Å². The molecule has 0 aromatic heterocycles. The molecule has 3 N–H and O–H groups in total. The summed E-state index contributed by atoms with van der Waals surface area (Å²) < 4.78 is 5.31. The summed E-state index contributed by atoms with van der Waals surface area (Å²) in [5.74, 6) is 0.156. The van der Waals surface area contributed by atoms with Crippen molar-refractivity contribution in [3.05, 3.63) is 24.3 Å². The highest BCUT2D eigenvalue weighted by atomic mass is 16.5.